The Morgan fingerprint density at radius 2 is 1.81 bits per heavy atom. The van der Waals surface area contributed by atoms with E-state index in [1.165, 1.54) is 5.56 Å². The van der Waals surface area contributed by atoms with Crippen LogP contribution in [0.15, 0.2) is 48.7 Å². The van der Waals surface area contributed by atoms with E-state index in [9.17, 15) is 4.79 Å². The van der Waals surface area contributed by atoms with Crippen molar-refractivity contribution in [1.82, 2.24) is 4.98 Å². The maximum absolute atomic E-state index is 12.1. The Balaban J connectivity index is 1.75. The first-order chi connectivity index (χ1) is 10.1. The lowest BCUT2D eigenvalue weighted by molar-refractivity contribution is 0.262. The average Bonchev–Trinajstić information content (AvgIpc) is 2.86. The Hall–Kier alpha value is -2.75. The molecule has 1 heterocycles. The minimum absolute atomic E-state index is 0.247. The van der Waals surface area contributed by atoms with Gasteiger partial charge in [-0.2, -0.15) is 0 Å². The molecule has 0 aliphatic rings. The lowest BCUT2D eigenvalue weighted by Crippen LogP contribution is -2.19. The number of aromatic amines is 1. The Morgan fingerprint density at radius 3 is 2.62 bits per heavy atom. The molecule has 1 aromatic heterocycles. The normalized spacial score (nSPS) is 10.6. The van der Waals surface area contributed by atoms with Gasteiger partial charge in [0, 0.05) is 22.8 Å². The zero-order valence-electron chi connectivity index (χ0n) is 12.0. The zero-order chi connectivity index (χ0) is 14.8. The number of hydrogen-bond donors (Lipinski definition) is 3. The highest BCUT2D eigenvalue weighted by Gasteiger charge is 2.07. The van der Waals surface area contributed by atoms with Crippen molar-refractivity contribution in [2.45, 2.75) is 13.8 Å². The number of fused-ring (bicyclic) bond motifs is 1. The largest absolute Gasteiger partial charge is 0.359 e. The Bertz CT molecular complexity index is 805. The van der Waals surface area contributed by atoms with E-state index in [1.54, 1.807) is 6.20 Å². The summed E-state index contributed by atoms with van der Waals surface area (Å²) in [6.45, 7) is 4.07. The van der Waals surface area contributed by atoms with Crippen LogP contribution in [0.5, 0.6) is 0 Å². The van der Waals surface area contributed by atoms with Crippen LogP contribution in [-0.4, -0.2) is 11.0 Å². The van der Waals surface area contributed by atoms with Crippen LogP contribution in [-0.2, 0) is 0 Å². The van der Waals surface area contributed by atoms with E-state index in [4.69, 9.17) is 0 Å². The molecule has 3 N–H and O–H groups in total. The first-order valence-electron chi connectivity index (χ1n) is 6.85. The molecule has 2 amide bonds. The number of anilines is 2. The summed E-state index contributed by atoms with van der Waals surface area (Å²) in [5.74, 6) is 0. The molecular formula is C17H17N3O. The van der Waals surface area contributed by atoms with Crippen LogP contribution in [0.1, 0.15) is 11.1 Å². The molecule has 0 bridgehead atoms. The molecule has 0 saturated heterocycles. The number of hydrogen-bond acceptors (Lipinski definition) is 1. The second-order valence-corrected chi connectivity index (χ2v) is 5.13. The molecule has 3 rings (SSSR count). The van der Waals surface area contributed by atoms with E-state index >= 15 is 0 Å². The number of aryl methyl sites for hydroxylation is 2. The molecule has 0 atom stereocenters. The molecule has 4 heteroatoms. The maximum atomic E-state index is 12.1. The van der Waals surface area contributed by atoms with E-state index in [0.29, 0.717) is 0 Å². The molecule has 0 aliphatic heterocycles. The number of H-pyrrole nitrogens is 1. The molecule has 106 valence electrons. The number of para-hydroxylation sites is 1. The van der Waals surface area contributed by atoms with Crippen LogP contribution in [0.4, 0.5) is 16.2 Å². The van der Waals surface area contributed by atoms with Gasteiger partial charge in [0.25, 0.3) is 0 Å². The fourth-order valence-electron chi connectivity index (χ4n) is 2.28. The summed E-state index contributed by atoms with van der Waals surface area (Å²) in [5.41, 5.74) is 4.92. The molecule has 0 radical (unpaired) electrons. The van der Waals surface area contributed by atoms with Gasteiger partial charge in [-0.1, -0.05) is 24.3 Å². The number of aromatic nitrogens is 1. The Labute approximate surface area is 123 Å². The number of rotatable bonds is 2. The smallest absolute Gasteiger partial charge is 0.323 e. The molecule has 0 spiro atoms. The highest BCUT2D eigenvalue weighted by atomic mass is 16.2. The summed E-state index contributed by atoms with van der Waals surface area (Å²) in [4.78, 5) is 15.2. The standard InChI is InChI=1S/C17H17N3O/c1-11-7-8-13(9-12(11)2)19-17(21)20-16-10-18-15-6-4-3-5-14(15)16/h3-10,18H,1-2H3,(H2,19,20,21). The molecule has 0 fully saturated rings. The van der Waals surface area contributed by atoms with E-state index in [1.807, 2.05) is 56.3 Å². The molecule has 21 heavy (non-hydrogen) atoms. The van der Waals surface area contributed by atoms with Crippen LogP contribution >= 0.6 is 0 Å². The van der Waals surface area contributed by atoms with Gasteiger partial charge in [-0.15, -0.1) is 0 Å². The van der Waals surface area contributed by atoms with Crippen molar-refractivity contribution >= 4 is 28.3 Å². The van der Waals surface area contributed by atoms with E-state index < -0.39 is 0 Å². The summed E-state index contributed by atoms with van der Waals surface area (Å²) in [5, 5.41) is 6.71. The minimum atomic E-state index is -0.247. The van der Waals surface area contributed by atoms with E-state index in [0.717, 1.165) is 27.8 Å². The van der Waals surface area contributed by atoms with Gasteiger partial charge in [-0.3, -0.25) is 0 Å². The highest BCUT2D eigenvalue weighted by molar-refractivity contribution is 6.05. The topological polar surface area (TPSA) is 56.9 Å². The number of amides is 2. The number of urea groups is 1. The second-order valence-electron chi connectivity index (χ2n) is 5.13. The lowest BCUT2D eigenvalue weighted by atomic mass is 10.1. The van der Waals surface area contributed by atoms with Crippen molar-refractivity contribution in [1.29, 1.82) is 0 Å². The number of nitrogens with one attached hydrogen (secondary N) is 3. The minimum Gasteiger partial charge on any atom is -0.359 e. The van der Waals surface area contributed by atoms with Gasteiger partial charge in [0.05, 0.1) is 5.69 Å². The van der Waals surface area contributed by atoms with Gasteiger partial charge < -0.3 is 15.6 Å². The molecular weight excluding hydrogens is 262 g/mol. The first-order valence-corrected chi connectivity index (χ1v) is 6.85. The van der Waals surface area contributed by atoms with Crippen molar-refractivity contribution in [3.63, 3.8) is 0 Å². The van der Waals surface area contributed by atoms with Gasteiger partial charge in [-0.25, -0.2) is 4.79 Å². The molecule has 0 saturated carbocycles. The van der Waals surface area contributed by atoms with Gasteiger partial charge in [0.2, 0.25) is 0 Å². The summed E-state index contributed by atoms with van der Waals surface area (Å²) in [7, 11) is 0. The second kappa shape index (κ2) is 5.32. The fourth-order valence-corrected chi connectivity index (χ4v) is 2.28. The van der Waals surface area contributed by atoms with Gasteiger partial charge in [0.1, 0.15) is 0 Å². The fraction of sp³-hybridized carbons (Fsp3) is 0.118. The van der Waals surface area contributed by atoms with Crippen molar-refractivity contribution in [3.05, 3.63) is 59.8 Å². The number of carbonyl (C=O) groups is 1. The van der Waals surface area contributed by atoms with Crippen LogP contribution in [0.2, 0.25) is 0 Å². The third kappa shape index (κ3) is 2.74. The van der Waals surface area contributed by atoms with Crippen LogP contribution in [0.25, 0.3) is 10.9 Å². The average molecular weight is 279 g/mol. The SMILES string of the molecule is Cc1ccc(NC(=O)Nc2c[nH]c3ccccc23)cc1C. The van der Waals surface area contributed by atoms with Gasteiger partial charge >= 0.3 is 6.03 Å². The summed E-state index contributed by atoms with van der Waals surface area (Å²) >= 11 is 0. The summed E-state index contributed by atoms with van der Waals surface area (Å²) in [6.07, 6.45) is 1.80. The van der Waals surface area contributed by atoms with Crippen LogP contribution in [0, 0.1) is 13.8 Å². The third-order valence-corrected chi connectivity index (χ3v) is 3.60. The predicted molar refractivity (Wildman–Crippen MR) is 86.9 cm³/mol. The predicted octanol–water partition coefficient (Wildman–Crippen LogP) is 4.43. The molecule has 0 unspecified atom stereocenters. The van der Waals surface area contributed by atoms with Crippen molar-refractivity contribution in [3.8, 4) is 0 Å². The van der Waals surface area contributed by atoms with Crippen LogP contribution < -0.4 is 10.6 Å². The Morgan fingerprint density at radius 1 is 1.00 bits per heavy atom. The molecule has 0 aliphatic carbocycles. The molecule has 3 aromatic rings. The van der Waals surface area contributed by atoms with Crippen LogP contribution in [0.3, 0.4) is 0 Å². The molecule has 2 aromatic carbocycles. The lowest BCUT2D eigenvalue weighted by Gasteiger charge is -2.08. The quantitative estimate of drug-likeness (QED) is 0.638. The number of benzene rings is 2. The third-order valence-electron chi connectivity index (χ3n) is 3.60. The Kier molecular flexibility index (Phi) is 3.36. The van der Waals surface area contributed by atoms with Crippen molar-refractivity contribution in [2.24, 2.45) is 0 Å². The van der Waals surface area contributed by atoms with E-state index in [2.05, 4.69) is 15.6 Å². The summed E-state index contributed by atoms with van der Waals surface area (Å²) in [6, 6.07) is 13.5. The molecule has 4 nitrogen and oxygen atoms in total. The van der Waals surface area contributed by atoms with E-state index in [-0.39, 0.29) is 6.03 Å². The number of carbonyl (C=O) groups excluding carboxylic acids is 1. The first kappa shape index (κ1) is 13.2. The highest BCUT2D eigenvalue weighted by Crippen LogP contribution is 2.22. The zero-order valence-corrected chi connectivity index (χ0v) is 12.0. The van der Waals surface area contributed by atoms with Crippen molar-refractivity contribution in [2.75, 3.05) is 10.6 Å². The van der Waals surface area contributed by atoms with Gasteiger partial charge in [-0.05, 0) is 43.2 Å². The van der Waals surface area contributed by atoms with Gasteiger partial charge in [0.15, 0.2) is 0 Å². The van der Waals surface area contributed by atoms with Crippen molar-refractivity contribution < 1.29 is 4.79 Å². The maximum Gasteiger partial charge on any atom is 0.323 e. The summed E-state index contributed by atoms with van der Waals surface area (Å²) < 4.78 is 0. The monoisotopic (exact) mass is 279 g/mol.